The molecule has 1 aromatic heterocycles. The zero-order valence-electron chi connectivity index (χ0n) is 14.1. The number of fused-ring (bicyclic) bond motifs is 1. The van der Waals surface area contributed by atoms with Gasteiger partial charge in [0.1, 0.15) is 11.4 Å². The average molecular weight is 378 g/mol. The van der Waals surface area contributed by atoms with Crippen molar-refractivity contribution in [3.63, 3.8) is 0 Å². The normalized spacial score (nSPS) is 11.6. The molecule has 0 unspecified atom stereocenters. The fourth-order valence-corrected chi connectivity index (χ4v) is 2.73. The van der Waals surface area contributed by atoms with Gasteiger partial charge < -0.3 is 9.88 Å². The first kappa shape index (κ1) is 18.6. The Labute approximate surface area is 151 Å². The van der Waals surface area contributed by atoms with E-state index >= 15 is 0 Å². The highest BCUT2D eigenvalue weighted by molar-refractivity contribution is 6.05. The Bertz CT molecular complexity index is 1070. The third-order valence-electron chi connectivity index (χ3n) is 4.09. The highest BCUT2D eigenvalue weighted by Gasteiger charge is 2.31. The number of alkyl halides is 3. The minimum absolute atomic E-state index is 0.196. The molecule has 3 rings (SSSR count). The van der Waals surface area contributed by atoms with Gasteiger partial charge in [-0.2, -0.15) is 13.2 Å². The molecule has 1 heterocycles. The predicted molar refractivity (Wildman–Crippen MR) is 93.2 cm³/mol. The van der Waals surface area contributed by atoms with Crippen LogP contribution in [0, 0.1) is 5.82 Å². The lowest BCUT2D eigenvalue weighted by Gasteiger charge is -2.14. The van der Waals surface area contributed by atoms with Gasteiger partial charge in [-0.15, -0.1) is 0 Å². The van der Waals surface area contributed by atoms with Crippen LogP contribution < -0.4 is 10.7 Å². The number of halogens is 4. The number of hydrogen-bond donors (Lipinski definition) is 1. The van der Waals surface area contributed by atoms with Crippen LogP contribution in [-0.4, -0.2) is 10.5 Å². The Hall–Kier alpha value is -3.16. The molecule has 0 saturated carbocycles. The van der Waals surface area contributed by atoms with E-state index in [2.05, 4.69) is 5.32 Å². The molecule has 8 heteroatoms. The summed E-state index contributed by atoms with van der Waals surface area (Å²) in [5.74, 6) is -1.28. The van der Waals surface area contributed by atoms with E-state index in [9.17, 15) is 27.2 Å². The van der Waals surface area contributed by atoms with Crippen LogP contribution in [0.25, 0.3) is 10.9 Å². The van der Waals surface area contributed by atoms with Gasteiger partial charge >= 0.3 is 6.18 Å². The summed E-state index contributed by atoms with van der Waals surface area (Å²) in [6, 6.07) is 7.75. The number of amides is 1. The van der Waals surface area contributed by atoms with Crippen molar-refractivity contribution in [2.24, 2.45) is 0 Å². The highest BCUT2D eigenvalue weighted by Crippen LogP contribution is 2.30. The molecule has 4 nitrogen and oxygen atoms in total. The Kier molecular flexibility index (Phi) is 4.73. The van der Waals surface area contributed by atoms with E-state index in [1.165, 1.54) is 29.0 Å². The summed E-state index contributed by atoms with van der Waals surface area (Å²) >= 11 is 0. The van der Waals surface area contributed by atoms with Crippen molar-refractivity contribution in [2.45, 2.75) is 19.6 Å². The Morgan fingerprint density at radius 1 is 1.11 bits per heavy atom. The van der Waals surface area contributed by atoms with Crippen molar-refractivity contribution in [3.8, 4) is 0 Å². The molecule has 0 aliphatic rings. The van der Waals surface area contributed by atoms with Crippen molar-refractivity contribution in [1.29, 1.82) is 0 Å². The molecule has 1 N–H and O–H groups in total. The molecule has 140 valence electrons. The largest absolute Gasteiger partial charge is 0.416 e. The van der Waals surface area contributed by atoms with Crippen molar-refractivity contribution < 1.29 is 22.4 Å². The fourth-order valence-electron chi connectivity index (χ4n) is 2.73. The summed E-state index contributed by atoms with van der Waals surface area (Å²) in [6.45, 7) is 2.09. The van der Waals surface area contributed by atoms with Crippen molar-refractivity contribution >= 4 is 22.5 Å². The van der Waals surface area contributed by atoms with Crippen LogP contribution in [0.1, 0.15) is 22.8 Å². The van der Waals surface area contributed by atoms with Gasteiger partial charge in [-0.3, -0.25) is 9.59 Å². The summed E-state index contributed by atoms with van der Waals surface area (Å²) in [6.07, 6.45) is -3.30. The van der Waals surface area contributed by atoms with Crippen molar-refractivity contribution in [2.75, 3.05) is 5.32 Å². The van der Waals surface area contributed by atoms with Crippen molar-refractivity contribution in [3.05, 3.63) is 75.8 Å². The molecule has 0 aliphatic heterocycles. The molecule has 0 aliphatic carbocycles. The zero-order valence-corrected chi connectivity index (χ0v) is 14.1. The van der Waals surface area contributed by atoms with Crippen LogP contribution in [0.2, 0.25) is 0 Å². The fraction of sp³-hybridized carbons (Fsp3) is 0.158. The monoisotopic (exact) mass is 378 g/mol. The van der Waals surface area contributed by atoms with Crippen LogP contribution >= 0.6 is 0 Å². The summed E-state index contributed by atoms with van der Waals surface area (Å²) in [4.78, 5) is 25.1. The van der Waals surface area contributed by atoms with Gasteiger partial charge in [0.2, 0.25) is 5.43 Å². The van der Waals surface area contributed by atoms with Crippen LogP contribution in [0.4, 0.5) is 23.2 Å². The maximum atomic E-state index is 13.0. The first-order valence-electron chi connectivity index (χ1n) is 8.02. The lowest BCUT2D eigenvalue weighted by Crippen LogP contribution is -2.24. The SMILES string of the molecule is CCn1cc(C(=O)Nc2ccc(F)cc2)c(=O)c2cc(C(F)(F)F)ccc21. The summed E-state index contributed by atoms with van der Waals surface area (Å²) in [7, 11) is 0. The lowest BCUT2D eigenvalue weighted by atomic mass is 10.1. The molecule has 0 spiro atoms. The van der Waals surface area contributed by atoms with E-state index in [-0.39, 0.29) is 16.6 Å². The minimum atomic E-state index is -4.61. The van der Waals surface area contributed by atoms with Gasteiger partial charge in [-0.05, 0) is 49.4 Å². The van der Waals surface area contributed by atoms with E-state index < -0.39 is 28.9 Å². The average Bonchev–Trinajstić information content (AvgIpc) is 2.63. The second kappa shape index (κ2) is 6.86. The number of nitrogens with one attached hydrogen (secondary N) is 1. The number of aromatic nitrogens is 1. The third-order valence-corrected chi connectivity index (χ3v) is 4.09. The first-order chi connectivity index (χ1) is 12.7. The van der Waals surface area contributed by atoms with E-state index in [4.69, 9.17) is 0 Å². The van der Waals surface area contributed by atoms with Gasteiger partial charge in [-0.1, -0.05) is 0 Å². The Morgan fingerprint density at radius 2 is 1.78 bits per heavy atom. The topological polar surface area (TPSA) is 51.1 Å². The molecule has 0 radical (unpaired) electrons. The number of carbonyl (C=O) groups is 1. The second-order valence-corrected chi connectivity index (χ2v) is 5.85. The molecule has 27 heavy (non-hydrogen) atoms. The molecule has 3 aromatic rings. The number of aryl methyl sites for hydroxylation is 1. The number of carbonyl (C=O) groups excluding carboxylic acids is 1. The van der Waals surface area contributed by atoms with Crippen molar-refractivity contribution in [1.82, 2.24) is 4.57 Å². The van der Waals surface area contributed by atoms with Gasteiger partial charge in [0.25, 0.3) is 5.91 Å². The van der Waals surface area contributed by atoms with Gasteiger partial charge in [0.15, 0.2) is 0 Å². The van der Waals surface area contributed by atoms with Gasteiger partial charge in [-0.25, -0.2) is 4.39 Å². The van der Waals surface area contributed by atoms with Crippen LogP contribution in [0.3, 0.4) is 0 Å². The number of rotatable bonds is 3. The van der Waals surface area contributed by atoms with Crippen LogP contribution in [-0.2, 0) is 12.7 Å². The van der Waals surface area contributed by atoms with E-state index in [0.717, 1.165) is 24.3 Å². The van der Waals surface area contributed by atoms with Gasteiger partial charge in [0.05, 0.1) is 11.1 Å². The number of hydrogen-bond acceptors (Lipinski definition) is 2. The molecule has 0 saturated heterocycles. The molecular weight excluding hydrogens is 364 g/mol. The van der Waals surface area contributed by atoms with E-state index in [1.807, 2.05) is 0 Å². The molecule has 0 bridgehead atoms. The predicted octanol–water partition coefficient (Wildman–Crippen LogP) is 4.43. The molecule has 0 fully saturated rings. The standard InChI is InChI=1S/C19H14F4N2O2/c1-2-25-10-15(18(27)24-13-6-4-12(20)5-7-13)17(26)14-9-11(19(21,22)23)3-8-16(14)25/h3-10H,2H2,1H3,(H,24,27). The lowest BCUT2D eigenvalue weighted by molar-refractivity contribution is -0.137. The van der Waals surface area contributed by atoms with E-state index in [1.54, 1.807) is 6.92 Å². The minimum Gasteiger partial charge on any atom is -0.347 e. The Morgan fingerprint density at radius 3 is 2.37 bits per heavy atom. The highest BCUT2D eigenvalue weighted by atomic mass is 19.4. The Balaban J connectivity index is 2.12. The quantitative estimate of drug-likeness (QED) is 0.686. The van der Waals surface area contributed by atoms with Crippen LogP contribution in [0.5, 0.6) is 0 Å². The first-order valence-corrected chi connectivity index (χ1v) is 8.02. The molecule has 0 atom stereocenters. The maximum absolute atomic E-state index is 13.0. The summed E-state index contributed by atoms with van der Waals surface area (Å²) < 4.78 is 53.5. The molecular formula is C19H14F4N2O2. The number of nitrogens with zero attached hydrogens (tertiary/aromatic N) is 1. The molecule has 1 amide bonds. The number of anilines is 1. The third kappa shape index (κ3) is 3.69. The number of pyridine rings is 1. The zero-order chi connectivity index (χ0) is 19.8. The second-order valence-electron chi connectivity index (χ2n) is 5.85. The maximum Gasteiger partial charge on any atom is 0.416 e. The van der Waals surface area contributed by atoms with E-state index in [0.29, 0.717) is 12.1 Å². The van der Waals surface area contributed by atoms with Gasteiger partial charge in [0, 0.05) is 23.8 Å². The smallest absolute Gasteiger partial charge is 0.347 e. The number of benzene rings is 2. The summed E-state index contributed by atoms with van der Waals surface area (Å²) in [5, 5.41) is 2.25. The summed E-state index contributed by atoms with van der Waals surface area (Å²) in [5.41, 5.74) is -1.51. The molecule has 2 aromatic carbocycles. The van der Waals surface area contributed by atoms with Crippen LogP contribution in [0.15, 0.2) is 53.5 Å².